The first kappa shape index (κ1) is 16.7. The van der Waals surface area contributed by atoms with Crippen molar-refractivity contribution in [3.63, 3.8) is 0 Å². The molecule has 0 fully saturated rings. The summed E-state index contributed by atoms with van der Waals surface area (Å²) in [6.45, 7) is 0.285. The van der Waals surface area contributed by atoms with E-state index >= 15 is 0 Å². The standard InChI is InChI=1S/C15H15ClN4O3S/c1-18(2)24(22,23)12-5-3-11(4-6-12)9-19-10-17-20-13(15(19)21)7-8-14(20)16/h3-8,10H,9H2,1-2H3. The van der Waals surface area contributed by atoms with Crippen LogP contribution in [-0.2, 0) is 16.6 Å². The summed E-state index contributed by atoms with van der Waals surface area (Å²) in [4.78, 5) is 12.6. The van der Waals surface area contributed by atoms with Crippen molar-refractivity contribution in [1.82, 2.24) is 18.5 Å². The monoisotopic (exact) mass is 366 g/mol. The molecule has 7 nitrogen and oxygen atoms in total. The fourth-order valence-electron chi connectivity index (χ4n) is 2.28. The van der Waals surface area contributed by atoms with Gasteiger partial charge in [-0.15, -0.1) is 0 Å². The lowest BCUT2D eigenvalue weighted by Crippen LogP contribution is -2.23. The smallest absolute Gasteiger partial charge is 0.278 e. The normalized spacial score (nSPS) is 12.2. The first-order chi connectivity index (χ1) is 11.3. The van der Waals surface area contributed by atoms with E-state index in [1.54, 1.807) is 24.3 Å². The molecule has 0 aliphatic heterocycles. The highest BCUT2D eigenvalue weighted by molar-refractivity contribution is 7.89. The SMILES string of the molecule is CN(C)S(=O)(=O)c1ccc(Cn2cnn3c(Cl)ccc3c2=O)cc1. The van der Waals surface area contributed by atoms with Crippen molar-refractivity contribution in [1.29, 1.82) is 0 Å². The summed E-state index contributed by atoms with van der Waals surface area (Å²) in [6.07, 6.45) is 1.41. The number of hydrogen-bond acceptors (Lipinski definition) is 4. The molecule has 0 amide bonds. The van der Waals surface area contributed by atoms with E-state index in [2.05, 4.69) is 5.10 Å². The molecule has 0 saturated carbocycles. The Balaban J connectivity index is 1.92. The van der Waals surface area contributed by atoms with Gasteiger partial charge in [0.25, 0.3) is 5.56 Å². The molecule has 0 bridgehead atoms. The Morgan fingerprint density at radius 2 is 1.79 bits per heavy atom. The second-order valence-corrected chi connectivity index (χ2v) is 7.99. The van der Waals surface area contributed by atoms with Gasteiger partial charge < -0.3 is 0 Å². The maximum atomic E-state index is 12.4. The van der Waals surface area contributed by atoms with Crippen LogP contribution in [0.2, 0.25) is 5.15 Å². The van der Waals surface area contributed by atoms with Gasteiger partial charge in [-0.05, 0) is 29.8 Å². The van der Waals surface area contributed by atoms with Crippen molar-refractivity contribution >= 4 is 27.1 Å². The lowest BCUT2D eigenvalue weighted by molar-refractivity contribution is 0.520. The molecule has 9 heteroatoms. The molecule has 126 valence electrons. The maximum absolute atomic E-state index is 12.4. The first-order valence-electron chi connectivity index (χ1n) is 7.05. The number of benzene rings is 1. The third-order valence-corrected chi connectivity index (χ3v) is 5.77. The molecule has 0 saturated heterocycles. The molecule has 0 aliphatic rings. The van der Waals surface area contributed by atoms with Gasteiger partial charge in [0.05, 0.1) is 11.4 Å². The number of nitrogens with zero attached hydrogens (tertiary/aromatic N) is 4. The highest BCUT2D eigenvalue weighted by atomic mass is 35.5. The van der Waals surface area contributed by atoms with E-state index in [9.17, 15) is 13.2 Å². The van der Waals surface area contributed by atoms with Gasteiger partial charge in [0.1, 0.15) is 17.0 Å². The maximum Gasteiger partial charge on any atom is 0.278 e. The van der Waals surface area contributed by atoms with E-state index in [-0.39, 0.29) is 17.0 Å². The number of rotatable bonds is 4. The molecule has 0 N–H and O–H groups in total. The minimum Gasteiger partial charge on any atom is -0.291 e. The quantitative estimate of drug-likeness (QED) is 0.700. The first-order valence-corrected chi connectivity index (χ1v) is 8.86. The molecular weight excluding hydrogens is 352 g/mol. The number of hydrogen-bond donors (Lipinski definition) is 0. The molecule has 0 radical (unpaired) electrons. The molecule has 3 aromatic rings. The van der Waals surface area contributed by atoms with Crippen molar-refractivity contribution in [3.05, 3.63) is 63.8 Å². The Morgan fingerprint density at radius 1 is 1.12 bits per heavy atom. The van der Waals surface area contributed by atoms with Crippen molar-refractivity contribution in [2.45, 2.75) is 11.4 Å². The zero-order valence-electron chi connectivity index (χ0n) is 13.0. The van der Waals surface area contributed by atoms with Crippen LogP contribution in [0.15, 0.2) is 52.4 Å². The fourth-order valence-corrected chi connectivity index (χ4v) is 3.38. The molecule has 0 aliphatic carbocycles. The van der Waals surface area contributed by atoms with E-state index in [1.807, 2.05) is 0 Å². The Morgan fingerprint density at radius 3 is 2.42 bits per heavy atom. The molecule has 2 heterocycles. The average molecular weight is 367 g/mol. The van der Waals surface area contributed by atoms with Gasteiger partial charge in [-0.2, -0.15) is 5.10 Å². The van der Waals surface area contributed by atoms with Crippen molar-refractivity contribution in [2.75, 3.05) is 14.1 Å². The van der Waals surface area contributed by atoms with Gasteiger partial charge >= 0.3 is 0 Å². The van der Waals surface area contributed by atoms with Crippen LogP contribution >= 0.6 is 11.6 Å². The Bertz CT molecular complexity index is 1050. The Kier molecular flexibility index (Phi) is 4.20. The highest BCUT2D eigenvalue weighted by Gasteiger charge is 2.16. The predicted molar refractivity (Wildman–Crippen MR) is 90.9 cm³/mol. The van der Waals surface area contributed by atoms with Crippen LogP contribution in [-0.4, -0.2) is 41.0 Å². The minimum absolute atomic E-state index is 0.204. The zero-order chi connectivity index (χ0) is 17.5. The average Bonchev–Trinajstić information content (AvgIpc) is 2.92. The number of sulfonamides is 1. The molecule has 0 spiro atoms. The third-order valence-electron chi connectivity index (χ3n) is 3.65. The summed E-state index contributed by atoms with van der Waals surface area (Å²) in [5, 5.41) is 4.49. The minimum atomic E-state index is -3.47. The van der Waals surface area contributed by atoms with Crippen molar-refractivity contribution < 1.29 is 8.42 Å². The highest BCUT2D eigenvalue weighted by Crippen LogP contribution is 2.15. The molecule has 3 rings (SSSR count). The van der Waals surface area contributed by atoms with Gasteiger partial charge in [0.2, 0.25) is 10.0 Å². The van der Waals surface area contributed by atoms with Crippen LogP contribution < -0.4 is 5.56 Å². The van der Waals surface area contributed by atoms with E-state index in [0.717, 1.165) is 9.87 Å². The van der Waals surface area contributed by atoms with Crippen LogP contribution in [0.4, 0.5) is 0 Å². The summed E-state index contributed by atoms with van der Waals surface area (Å²) < 4.78 is 28.1. The molecule has 24 heavy (non-hydrogen) atoms. The van der Waals surface area contributed by atoms with Crippen molar-refractivity contribution in [3.8, 4) is 0 Å². The van der Waals surface area contributed by atoms with Gasteiger partial charge in [0.15, 0.2) is 0 Å². The van der Waals surface area contributed by atoms with Crippen LogP contribution in [0, 0.1) is 0 Å². The number of fused-ring (bicyclic) bond motifs is 1. The molecular formula is C15H15ClN4O3S. The van der Waals surface area contributed by atoms with Gasteiger partial charge in [-0.1, -0.05) is 23.7 Å². The number of halogens is 1. The van der Waals surface area contributed by atoms with Gasteiger partial charge in [-0.25, -0.2) is 17.2 Å². The molecule has 0 atom stereocenters. The van der Waals surface area contributed by atoms with Gasteiger partial charge in [-0.3, -0.25) is 9.36 Å². The molecule has 0 unspecified atom stereocenters. The van der Waals surface area contributed by atoms with E-state index in [0.29, 0.717) is 10.7 Å². The van der Waals surface area contributed by atoms with Crippen LogP contribution in [0.25, 0.3) is 5.52 Å². The van der Waals surface area contributed by atoms with Gasteiger partial charge in [0, 0.05) is 14.1 Å². The fraction of sp³-hybridized carbons (Fsp3) is 0.200. The second-order valence-electron chi connectivity index (χ2n) is 5.45. The summed E-state index contributed by atoms with van der Waals surface area (Å²) >= 11 is 5.93. The third kappa shape index (κ3) is 2.83. The summed E-state index contributed by atoms with van der Waals surface area (Å²) in [5.41, 5.74) is 0.954. The predicted octanol–water partition coefficient (Wildman–Crippen LogP) is 1.45. The topological polar surface area (TPSA) is 76.7 Å². The summed E-state index contributed by atoms with van der Waals surface area (Å²) in [7, 11) is -0.509. The molecule has 2 aromatic heterocycles. The number of aromatic nitrogens is 3. The lowest BCUT2D eigenvalue weighted by atomic mass is 10.2. The molecule has 1 aromatic carbocycles. The Hall–Kier alpha value is -2.16. The van der Waals surface area contributed by atoms with Crippen LogP contribution in [0.3, 0.4) is 0 Å². The lowest BCUT2D eigenvalue weighted by Gasteiger charge is -2.12. The van der Waals surface area contributed by atoms with E-state index in [1.165, 1.54) is 41.6 Å². The summed E-state index contributed by atoms with van der Waals surface area (Å²) in [5.74, 6) is 0. The van der Waals surface area contributed by atoms with E-state index < -0.39 is 10.0 Å². The van der Waals surface area contributed by atoms with Crippen LogP contribution in [0.1, 0.15) is 5.56 Å². The largest absolute Gasteiger partial charge is 0.291 e. The van der Waals surface area contributed by atoms with Crippen molar-refractivity contribution in [2.24, 2.45) is 0 Å². The zero-order valence-corrected chi connectivity index (χ0v) is 14.6. The second kappa shape index (κ2) is 6.04. The Labute approximate surface area is 143 Å². The van der Waals surface area contributed by atoms with Crippen LogP contribution in [0.5, 0.6) is 0 Å². The van der Waals surface area contributed by atoms with E-state index in [4.69, 9.17) is 11.6 Å². The summed E-state index contributed by atoms with van der Waals surface area (Å²) in [6, 6.07) is 9.62.